The van der Waals surface area contributed by atoms with Gasteiger partial charge in [-0.2, -0.15) is 0 Å². The van der Waals surface area contributed by atoms with Crippen molar-refractivity contribution < 1.29 is 9.90 Å². The zero-order chi connectivity index (χ0) is 12.6. The van der Waals surface area contributed by atoms with Gasteiger partial charge in [0.1, 0.15) is 0 Å². The van der Waals surface area contributed by atoms with Crippen molar-refractivity contribution in [1.82, 2.24) is 9.55 Å². The topological polar surface area (TPSA) is 81.1 Å². The fourth-order valence-electron chi connectivity index (χ4n) is 1.94. The van der Waals surface area contributed by atoms with E-state index in [2.05, 4.69) is 4.98 Å². The van der Waals surface area contributed by atoms with Gasteiger partial charge in [-0.15, -0.1) is 0 Å². The number of nitrogens with two attached hydrogens (primary N) is 1. The fourth-order valence-corrected chi connectivity index (χ4v) is 1.94. The molecule has 3 N–H and O–H groups in total. The van der Waals surface area contributed by atoms with Crippen molar-refractivity contribution in [3.8, 4) is 0 Å². The van der Waals surface area contributed by atoms with Gasteiger partial charge in [-0.1, -0.05) is 6.07 Å². The average molecular weight is 233 g/mol. The van der Waals surface area contributed by atoms with Crippen LogP contribution in [-0.4, -0.2) is 20.6 Å². The maximum atomic E-state index is 11.1. The molecule has 90 valence electrons. The Morgan fingerprint density at radius 3 is 2.76 bits per heavy atom. The Hall–Kier alpha value is -1.88. The minimum Gasteiger partial charge on any atom is -0.475 e. The van der Waals surface area contributed by atoms with E-state index in [-0.39, 0.29) is 11.9 Å². The third-order valence-corrected chi connectivity index (χ3v) is 2.70. The van der Waals surface area contributed by atoms with Crippen LogP contribution in [0.2, 0.25) is 0 Å². The van der Waals surface area contributed by atoms with Crippen molar-refractivity contribution in [3.05, 3.63) is 29.6 Å². The predicted octanol–water partition coefficient (Wildman–Crippen LogP) is 1.77. The number of carboxylic acid groups (broad SMARTS) is 1. The van der Waals surface area contributed by atoms with Crippen LogP contribution in [0.4, 0.5) is 0 Å². The van der Waals surface area contributed by atoms with Gasteiger partial charge in [-0.05, 0) is 31.5 Å². The standard InChI is InChI=1S/C12H15N3O2/c1-7(2)15-10-4-3-8(6-13)5-9(10)14-11(15)12(16)17/h3-5,7H,6,13H2,1-2H3,(H,16,17). The maximum Gasteiger partial charge on any atom is 0.372 e. The van der Waals surface area contributed by atoms with Gasteiger partial charge in [0.15, 0.2) is 0 Å². The van der Waals surface area contributed by atoms with E-state index in [0.29, 0.717) is 12.1 Å². The predicted molar refractivity (Wildman–Crippen MR) is 65.0 cm³/mol. The lowest BCUT2D eigenvalue weighted by atomic mass is 10.2. The summed E-state index contributed by atoms with van der Waals surface area (Å²) in [5.41, 5.74) is 8.01. The van der Waals surface area contributed by atoms with E-state index in [1.54, 1.807) is 4.57 Å². The zero-order valence-corrected chi connectivity index (χ0v) is 9.84. The molecule has 1 aromatic carbocycles. The van der Waals surface area contributed by atoms with Crippen LogP contribution in [0, 0.1) is 0 Å². The number of fused-ring (bicyclic) bond motifs is 1. The van der Waals surface area contributed by atoms with E-state index in [4.69, 9.17) is 10.8 Å². The zero-order valence-electron chi connectivity index (χ0n) is 9.84. The summed E-state index contributed by atoms with van der Waals surface area (Å²) < 4.78 is 1.72. The van der Waals surface area contributed by atoms with Crippen molar-refractivity contribution in [3.63, 3.8) is 0 Å². The molecular formula is C12H15N3O2. The molecule has 0 saturated carbocycles. The minimum absolute atomic E-state index is 0.0508. The first-order chi connectivity index (χ1) is 8.04. The minimum atomic E-state index is -1.01. The van der Waals surface area contributed by atoms with E-state index >= 15 is 0 Å². The lowest BCUT2D eigenvalue weighted by molar-refractivity contribution is 0.0677. The number of aromatic carboxylic acids is 1. The van der Waals surface area contributed by atoms with Crippen LogP contribution in [0.5, 0.6) is 0 Å². The Bertz CT molecular complexity index is 572. The molecule has 1 aromatic heterocycles. The van der Waals surface area contributed by atoms with Gasteiger partial charge < -0.3 is 15.4 Å². The molecule has 0 unspecified atom stereocenters. The monoisotopic (exact) mass is 233 g/mol. The van der Waals surface area contributed by atoms with Crippen LogP contribution in [0.15, 0.2) is 18.2 Å². The Morgan fingerprint density at radius 1 is 1.53 bits per heavy atom. The summed E-state index contributed by atoms with van der Waals surface area (Å²) in [4.78, 5) is 15.3. The van der Waals surface area contributed by atoms with Crippen LogP contribution in [0.25, 0.3) is 11.0 Å². The number of hydrogen-bond donors (Lipinski definition) is 2. The van der Waals surface area contributed by atoms with Gasteiger partial charge >= 0.3 is 5.97 Å². The number of carbonyl (C=O) groups is 1. The van der Waals surface area contributed by atoms with Crippen molar-refractivity contribution in [2.45, 2.75) is 26.4 Å². The first kappa shape index (κ1) is 11.6. The normalized spacial score (nSPS) is 11.3. The number of aromatic nitrogens is 2. The van der Waals surface area contributed by atoms with Crippen LogP contribution in [-0.2, 0) is 6.54 Å². The summed E-state index contributed by atoms with van der Waals surface area (Å²) in [7, 11) is 0. The highest BCUT2D eigenvalue weighted by Gasteiger charge is 2.18. The number of benzene rings is 1. The van der Waals surface area contributed by atoms with Gasteiger partial charge in [0.05, 0.1) is 11.0 Å². The first-order valence-corrected chi connectivity index (χ1v) is 5.48. The molecule has 0 fully saturated rings. The highest BCUT2D eigenvalue weighted by molar-refractivity contribution is 5.90. The van der Waals surface area contributed by atoms with Crippen molar-refractivity contribution in [1.29, 1.82) is 0 Å². The number of rotatable bonds is 3. The van der Waals surface area contributed by atoms with Crippen molar-refractivity contribution in [2.75, 3.05) is 0 Å². The van der Waals surface area contributed by atoms with Crippen LogP contribution in [0.3, 0.4) is 0 Å². The van der Waals surface area contributed by atoms with E-state index in [0.717, 1.165) is 11.1 Å². The van der Waals surface area contributed by atoms with Crippen molar-refractivity contribution >= 4 is 17.0 Å². The third-order valence-electron chi connectivity index (χ3n) is 2.70. The molecule has 0 radical (unpaired) electrons. The fraction of sp³-hybridized carbons (Fsp3) is 0.333. The smallest absolute Gasteiger partial charge is 0.372 e. The molecule has 0 amide bonds. The Labute approximate surface area is 98.9 Å². The SMILES string of the molecule is CC(C)n1c(C(=O)O)nc2cc(CN)ccc21. The Morgan fingerprint density at radius 2 is 2.24 bits per heavy atom. The lowest BCUT2D eigenvalue weighted by Gasteiger charge is -2.10. The molecule has 5 heteroatoms. The first-order valence-electron chi connectivity index (χ1n) is 5.48. The number of nitrogens with zero attached hydrogens (tertiary/aromatic N) is 2. The summed E-state index contributed by atoms with van der Waals surface area (Å²) in [5.74, 6) is -0.937. The third kappa shape index (κ3) is 1.89. The largest absolute Gasteiger partial charge is 0.475 e. The summed E-state index contributed by atoms with van der Waals surface area (Å²) in [6.07, 6.45) is 0. The molecule has 5 nitrogen and oxygen atoms in total. The number of imidazole rings is 1. The maximum absolute atomic E-state index is 11.1. The summed E-state index contributed by atoms with van der Waals surface area (Å²) in [6.45, 7) is 4.29. The molecule has 1 heterocycles. The van der Waals surface area contributed by atoms with Crippen LogP contribution >= 0.6 is 0 Å². The molecule has 0 aliphatic heterocycles. The van der Waals surface area contributed by atoms with E-state index < -0.39 is 5.97 Å². The molecule has 0 atom stereocenters. The number of carboxylic acids is 1. The van der Waals surface area contributed by atoms with Crippen LogP contribution in [0.1, 0.15) is 36.1 Å². The molecule has 2 aromatic rings. The van der Waals surface area contributed by atoms with Gasteiger partial charge in [0.25, 0.3) is 0 Å². The second-order valence-corrected chi connectivity index (χ2v) is 4.23. The van der Waals surface area contributed by atoms with Crippen LogP contribution < -0.4 is 5.73 Å². The average Bonchev–Trinajstić information content (AvgIpc) is 2.66. The van der Waals surface area contributed by atoms with E-state index in [9.17, 15) is 4.79 Å². The highest BCUT2D eigenvalue weighted by Crippen LogP contribution is 2.22. The van der Waals surface area contributed by atoms with Crippen molar-refractivity contribution in [2.24, 2.45) is 5.73 Å². The molecule has 0 saturated heterocycles. The molecule has 17 heavy (non-hydrogen) atoms. The molecule has 2 rings (SSSR count). The summed E-state index contributed by atoms with van der Waals surface area (Å²) in [6, 6.07) is 5.65. The molecule has 0 aliphatic carbocycles. The van der Waals surface area contributed by atoms with Gasteiger partial charge in [0.2, 0.25) is 5.82 Å². The Balaban J connectivity index is 2.74. The van der Waals surface area contributed by atoms with E-state index in [1.165, 1.54) is 0 Å². The van der Waals surface area contributed by atoms with E-state index in [1.807, 2.05) is 32.0 Å². The van der Waals surface area contributed by atoms with Gasteiger partial charge in [0, 0.05) is 12.6 Å². The van der Waals surface area contributed by atoms with Gasteiger partial charge in [-0.3, -0.25) is 0 Å². The lowest BCUT2D eigenvalue weighted by Crippen LogP contribution is -2.11. The second-order valence-electron chi connectivity index (χ2n) is 4.23. The Kier molecular flexibility index (Phi) is 2.85. The number of hydrogen-bond acceptors (Lipinski definition) is 3. The molecule has 0 spiro atoms. The molecule has 0 aliphatic rings. The molecule has 0 bridgehead atoms. The quantitative estimate of drug-likeness (QED) is 0.846. The summed E-state index contributed by atoms with van der Waals surface area (Å²) in [5, 5.41) is 9.13. The highest BCUT2D eigenvalue weighted by atomic mass is 16.4. The molecular weight excluding hydrogens is 218 g/mol. The second kappa shape index (κ2) is 4.18. The summed E-state index contributed by atoms with van der Waals surface area (Å²) >= 11 is 0. The van der Waals surface area contributed by atoms with Gasteiger partial charge in [-0.25, -0.2) is 9.78 Å².